The molecular formula is C13H14F3NO2. The largest absolute Gasteiger partial charge is 0.481 e. The van der Waals surface area contributed by atoms with Crippen LogP contribution in [0.25, 0.3) is 0 Å². The Bertz CT molecular complexity index is 513. The molecule has 0 saturated carbocycles. The van der Waals surface area contributed by atoms with Crippen molar-refractivity contribution in [1.29, 1.82) is 0 Å². The molecule has 0 radical (unpaired) electrons. The molecule has 1 aromatic carbocycles. The fourth-order valence-electron chi connectivity index (χ4n) is 2.59. The van der Waals surface area contributed by atoms with Gasteiger partial charge in [0.15, 0.2) is 0 Å². The summed E-state index contributed by atoms with van der Waals surface area (Å²) in [5, 5.41) is 9.05. The van der Waals surface area contributed by atoms with Crippen LogP contribution >= 0.6 is 0 Å². The number of rotatable bonds is 2. The van der Waals surface area contributed by atoms with Gasteiger partial charge in [-0.1, -0.05) is 13.0 Å². The molecular weight excluding hydrogens is 259 g/mol. The first-order chi connectivity index (χ1) is 8.73. The third kappa shape index (κ3) is 2.27. The number of hydrogen-bond donors (Lipinski definition) is 1. The zero-order valence-electron chi connectivity index (χ0n) is 10.5. The van der Waals surface area contributed by atoms with Crippen LogP contribution in [-0.4, -0.2) is 24.7 Å². The van der Waals surface area contributed by atoms with Crippen LogP contribution in [0.15, 0.2) is 18.2 Å². The summed E-state index contributed by atoms with van der Waals surface area (Å²) in [7, 11) is 1.67. The summed E-state index contributed by atoms with van der Waals surface area (Å²) in [6, 6.07) is 3.96. The molecule has 0 spiro atoms. The van der Waals surface area contributed by atoms with Crippen molar-refractivity contribution in [2.45, 2.75) is 19.0 Å². The van der Waals surface area contributed by atoms with E-state index in [0.717, 1.165) is 6.07 Å². The molecule has 3 nitrogen and oxygen atoms in total. The highest BCUT2D eigenvalue weighted by molar-refractivity contribution is 5.74. The number of alkyl halides is 3. The Kier molecular flexibility index (Phi) is 3.20. The maximum Gasteiger partial charge on any atom is 0.416 e. The number of carboxylic acids is 1. The maximum absolute atomic E-state index is 13.0. The second kappa shape index (κ2) is 4.43. The van der Waals surface area contributed by atoms with Crippen molar-refractivity contribution >= 4 is 11.7 Å². The van der Waals surface area contributed by atoms with E-state index in [2.05, 4.69) is 0 Å². The van der Waals surface area contributed by atoms with E-state index in [1.165, 1.54) is 13.0 Å². The van der Waals surface area contributed by atoms with Gasteiger partial charge in [-0.15, -0.1) is 0 Å². The normalized spacial score (nSPS) is 20.3. The predicted molar refractivity (Wildman–Crippen MR) is 64.3 cm³/mol. The Balaban J connectivity index is 2.58. The van der Waals surface area contributed by atoms with Crippen molar-refractivity contribution in [3.05, 3.63) is 29.3 Å². The number of benzene rings is 1. The van der Waals surface area contributed by atoms with Gasteiger partial charge in [0.05, 0.1) is 11.5 Å². The van der Waals surface area contributed by atoms with E-state index < -0.39 is 29.5 Å². The van der Waals surface area contributed by atoms with Gasteiger partial charge in [-0.3, -0.25) is 4.79 Å². The molecule has 1 aliphatic heterocycles. The van der Waals surface area contributed by atoms with Gasteiger partial charge in [-0.05, 0) is 17.7 Å². The molecule has 1 aliphatic rings. The average molecular weight is 273 g/mol. The average Bonchev–Trinajstić information content (AvgIpc) is 2.64. The number of likely N-dealkylation sites (N-methyl/N-ethyl adjacent to an activating group) is 1. The first-order valence-electron chi connectivity index (χ1n) is 5.87. The lowest BCUT2D eigenvalue weighted by Crippen LogP contribution is -2.24. The Morgan fingerprint density at radius 1 is 1.47 bits per heavy atom. The number of nitrogens with zero attached hydrogens (tertiary/aromatic N) is 1. The summed E-state index contributed by atoms with van der Waals surface area (Å²) >= 11 is 0. The van der Waals surface area contributed by atoms with Crippen LogP contribution in [0.3, 0.4) is 0 Å². The van der Waals surface area contributed by atoms with Crippen molar-refractivity contribution in [2.75, 3.05) is 18.5 Å². The van der Waals surface area contributed by atoms with Crippen molar-refractivity contribution < 1.29 is 23.1 Å². The first kappa shape index (κ1) is 13.7. The van der Waals surface area contributed by atoms with Crippen molar-refractivity contribution in [1.82, 2.24) is 0 Å². The SMILES string of the molecule is CC(C(=O)O)C1CN(C)c2cccc(C(F)(F)F)c21. The molecule has 104 valence electrons. The number of aliphatic carboxylic acids is 1. The molecule has 0 bridgehead atoms. The molecule has 0 amide bonds. The number of hydrogen-bond acceptors (Lipinski definition) is 2. The predicted octanol–water partition coefficient (Wildman–Crippen LogP) is 2.96. The Morgan fingerprint density at radius 2 is 2.11 bits per heavy atom. The minimum Gasteiger partial charge on any atom is -0.481 e. The summed E-state index contributed by atoms with van der Waals surface area (Å²) in [5.41, 5.74) is -0.159. The third-order valence-corrected chi connectivity index (χ3v) is 3.63. The number of anilines is 1. The molecule has 0 aromatic heterocycles. The fraction of sp³-hybridized carbons (Fsp3) is 0.462. The highest BCUT2D eigenvalue weighted by atomic mass is 19.4. The highest BCUT2D eigenvalue weighted by Gasteiger charge is 2.42. The van der Waals surface area contributed by atoms with Gasteiger partial charge in [0.2, 0.25) is 0 Å². The lowest BCUT2D eigenvalue weighted by atomic mass is 9.86. The van der Waals surface area contributed by atoms with E-state index in [9.17, 15) is 18.0 Å². The Labute approximate surface area is 108 Å². The van der Waals surface area contributed by atoms with Crippen LogP contribution in [-0.2, 0) is 11.0 Å². The lowest BCUT2D eigenvalue weighted by molar-refractivity contribution is -0.143. The quantitative estimate of drug-likeness (QED) is 0.900. The smallest absolute Gasteiger partial charge is 0.416 e. The molecule has 0 saturated heterocycles. The van der Waals surface area contributed by atoms with Gasteiger partial charge >= 0.3 is 12.1 Å². The van der Waals surface area contributed by atoms with E-state index in [4.69, 9.17) is 5.11 Å². The Hall–Kier alpha value is -1.72. The lowest BCUT2D eigenvalue weighted by Gasteiger charge is -2.19. The molecule has 1 N–H and O–H groups in total. The summed E-state index contributed by atoms with van der Waals surface area (Å²) in [6.45, 7) is 1.74. The molecule has 19 heavy (non-hydrogen) atoms. The van der Waals surface area contributed by atoms with Gasteiger partial charge in [-0.2, -0.15) is 13.2 Å². The van der Waals surface area contributed by atoms with E-state index >= 15 is 0 Å². The fourth-order valence-corrected chi connectivity index (χ4v) is 2.59. The van der Waals surface area contributed by atoms with Gasteiger partial charge in [0.25, 0.3) is 0 Å². The van der Waals surface area contributed by atoms with Crippen molar-refractivity contribution in [2.24, 2.45) is 5.92 Å². The molecule has 0 aliphatic carbocycles. The first-order valence-corrected chi connectivity index (χ1v) is 5.87. The molecule has 2 atom stereocenters. The summed E-state index contributed by atoms with van der Waals surface area (Å²) in [6.07, 6.45) is -4.47. The van der Waals surface area contributed by atoms with Crippen LogP contribution in [0.1, 0.15) is 24.0 Å². The third-order valence-electron chi connectivity index (χ3n) is 3.63. The monoisotopic (exact) mass is 273 g/mol. The number of carbonyl (C=O) groups is 1. The van der Waals surface area contributed by atoms with Gasteiger partial charge in [-0.25, -0.2) is 0 Å². The van der Waals surface area contributed by atoms with Crippen LogP contribution in [0.4, 0.5) is 18.9 Å². The molecule has 1 heterocycles. The van der Waals surface area contributed by atoms with Crippen LogP contribution in [0, 0.1) is 5.92 Å². The second-order valence-electron chi connectivity index (χ2n) is 4.85. The standard InChI is InChI=1S/C13H14F3NO2/c1-7(12(18)19)8-6-17(2)10-5-3-4-9(11(8)10)13(14,15)16/h3-5,7-8H,6H2,1-2H3,(H,18,19). The van der Waals surface area contributed by atoms with Gasteiger partial charge in [0, 0.05) is 25.2 Å². The van der Waals surface area contributed by atoms with Crippen LogP contribution < -0.4 is 4.90 Å². The van der Waals surface area contributed by atoms with E-state index in [1.54, 1.807) is 18.0 Å². The number of carboxylic acid groups (broad SMARTS) is 1. The minimum absolute atomic E-state index is 0.104. The molecule has 1 aromatic rings. The highest BCUT2D eigenvalue weighted by Crippen LogP contribution is 2.46. The molecule has 2 unspecified atom stereocenters. The maximum atomic E-state index is 13.0. The molecule has 0 fully saturated rings. The summed E-state index contributed by atoms with van der Waals surface area (Å²) in [4.78, 5) is 12.7. The van der Waals surface area contributed by atoms with E-state index in [0.29, 0.717) is 5.69 Å². The summed E-state index contributed by atoms with van der Waals surface area (Å²) < 4.78 is 39.1. The molecule has 6 heteroatoms. The summed E-state index contributed by atoms with van der Waals surface area (Å²) in [5.74, 6) is -2.58. The van der Waals surface area contributed by atoms with Crippen LogP contribution in [0.5, 0.6) is 0 Å². The molecule has 2 rings (SSSR count). The zero-order valence-corrected chi connectivity index (χ0v) is 10.5. The van der Waals surface area contributed by atoms with Crippen molar-refractivity contribution in [3.8, 4) is 0 Å². The second-order valence-corrected chi connectivity index (χ2v) is 4.85. The minimum atomic E-state index is -4.47. The number of fused-ring (bicyclic) bond motifs is 1. The van der Waals surface area contributed by atoms with Crippen molar-refractivity contribution in [3.63, 3.8) is 0 Å². The van der Waals surface area contributed by atoms with E-state index in [-0.39, 0.29) is 12.1 Å². The Morgan fingerprint density at radius 3 is 2.63 bits per heavy atom. The van der Waals surface area contributed by atoms with Gasteiger partial charge in [0.1, 0.15) is 0 Å². The number of halogens is 3. The zero-order chi connectivity index (χ0) is 14.4. The van der Waals surface area contributed by atoms with E-state index in [1.807, 2.05) is 0 Å². The topological polar surface area (TPSA) is 40.5 Å². The van der Waals surface area contributed by atoms with Crippen LogP contribution in [0.2, 0.25) is 0 Å². The van der Waals surface area contributed by atoms with Gasteiger partial charge < -0.3 is 10.0 Å².